The van der Waals surface area contributed by atoms with Crippen molar-refractivity contribution in [3.63, 3.8) is 0 Å². The minimum Gasteiger partial charge on any atom is -0.340 e. The number of likely N-dealkylation sites (tertiary alicyclic amines) is 1. The number of rotatable bonds is 5. The minimum atomic E-state index is -0.0638. The second-order valence-electron chi connectivity index (χ2n) is 6.63. The number of hydrogen-bond acceptors (Lipinski definition) is 6. The average Bonchev–Trinajstić information content (AvgIpc) is 3.12. The van der Waals surface area contributed by atoms with Gasteiger partial charge in [0.05, 0.1) is 12.7 Å². The van der Waals surface area contributed by atoms with Crippen molar-refractivity contribution >= 4 is 11.8 Å². The average molecular weight is 361 g/mol. The molecule has 1 aliphatic rings. The number of aromatic nitrogens is 4. The second kappa shape index (κ2) is 8.31. The standard InChI is InChI=1S/C17H27N7O2/c1-4-23(12-15-19-13(2)26-21-15)14-6-5-10-24(11-8-14)17(25)20-16-7-9-18-22(16)3/h7,9,14H,4-6,8,10-12H2,1-3H3,(H,20,25). The molecule has 3 rings (SSSR count). The SMILES string of the molecule is CCN(Cc1noc(C)n1)C1CCCN(C(=O)Nc2ccnn2C)CC1. The zero-order chi connectivity index (χ0) is 18.5. The Bertz CT molecular complexity index is 726. The van der Waals surface area contributed by atoms with Crippen LogP contribution in [0.1, 0.15) is 37.9 Å². The molecule has 9 heteroatoms. The van der Waals surface area contributed by atoms with Crippen molar-refractivity contribution in [2.75, 3.05) is 25.0 Å². The van der Waals surface area contributed by atoms with Crippen molar-refractivity contribution in [3.05, 3.63) is 24.0 Å². The normalized spacial score (nSPS) is 18.2. The molecule has 26 heavy (non-hydrogen) atoms. The van der Waals surface area contributed by atoms with Gasteiger partial charge in [0.25, 0.3) is 0 Å². The van der Waals surface area contributed by atoms with E-state index in [4.69, 9.17) is 4.52 Å². The van der Waals surface area contributed by atoms with E-state index in [-0.39, 0.29) is 6.03 Å². The Hall–Kier alpha value is -2.42. The van der Waals surface area contributed by atoms with Gasteiger partial charge in [-0.1, -0.05) is 12.1 Å². The Morgan fingerprint density at radius 3 is 2.92 bits per heavy atom. The largest absolute Gasteiger partial charge is 0.340 e. The summed E-state index contributed by atoms with van der Waals surface area (Å²) in [5.41, 5.74) is 0. The maximum Gasteiger partial charge on any atom is 0.322 e. The van der Waals surface area contributed by atoms with Crippen LogP contribution < -0.4 is 5.32 Å². The maximum absolute atomic E-state index is 12.5. The summed E-state index contributed by atoms with van der Waals surface area (Å²) in [6, 6.07) is 2.14. The van der Waals surface area contributed by atoms with E-state index in [1.807, 2.05) is 11.9 Å². The van der Waals surface area contributed by atoms with Crippen LogP contribution in [0.5, 0.6) is 0 Å². The van der Waals surface area contributed by atoms with E-state index in [2.05, 4.69) is 32.4 Å². The van der Waals surface area contributed by atoms with Gasteiger partial charge < -0.3 is 9.42 Å². The molecule has 2 aromatic rings. The molecule has 3 heterocycles. The minimum absolute atomic E-state index is 0.0638. The molecule has 1 atom stereocenters. The van der Waals surface area contributed by atoms with E-state index in [9.17, 15) is 4.79 Å². The summed E-state index contributed by atoms with van der Waals surface area (Å²) in [5, 5.41) is 11.0. The fourth-order valence-electron chi connectivity index (χ4n) is 3.42. The highest BCUT2D eigenvalue weighted by Gasteiger charge is 2.25. The van der Waals surface area contributed by atoms with Gasteiger partial charge in [-0.05, 0) is 25.8 Å². The first kappa shape index (κ1) is 18.4. The molecular formula is C17H27N7O2. The van der Waals surface area contributed by atoms with Gasteiger partial charge in [-0.2, -0.15) is 10.1 Å². The summed E-state index contributed by atoms with van der Waals surface area (Å²) in [4.78, 5) is 21.1. The lowest BCUT2D eigenvalue weighted by molar-refractivity contribution is 0.171. The number of carbonyl (C=O) groups excluding carboxylic acids is 1. The van der Waals surface area contributed by atoms with Gasteiger partial charge in [-0.25, -0.2) is 4.79 Å². The summed E-state index contributed by atoms with van der Waals surface area (Å²) >= 11 is 0. The first-order valence-electron chi connectivity index (χ1n) is 9.14. The van der Waals surface area contributed by atoms with Crippen molar-refractivity contribution in [2.24, 2.45) is 7.05 Å². The smallest absolute Gasteiger partial charge is 0.322 e. The van der Waals surface area contributed by atoms with Crippen LogP contribution in [-0.4, -0.2) is 61.4 Å². The molecule has 0 aromatic carbocycles. The first-order chi connectivity index (χ1) is 12.6. The van der Waals surface area contributed by atoms with Crippen molar-refractivity contribution in [1.29, 1.82) is 0 Å². The Kier molecular flexibility index (Phi) is 5.87. The molecule has 0 saturated carbocycles. The number of hydrogen-bond donors (Lipinski definition) is 1. The summed E-state index contributed by atoms with van der Waals surface area (Å²) in [5.74, 6) is 2.02. The van der Waals surface area contributed by atoms with E-state index >= 15 is 0 Å². The molecule has 1 fully saturated rings. The molecule has 1 saturated heterocycles. The first-order valence-corrected chi connectivity index (χ1v) is 9.14. The van der Waals surface area contributed by atoms with Crippen LogP contribution in [0.4, 0.5) is 10.6 Å². The van der Waals surface area contributed by atoms with Gasteiger partial charge >= 0.3 is 6.03 Å². The third kappa shape index (κ3) is 4.40. The Balaban J connectivity index is 1.56. The van der Waals surface area contributed by atoms with Crippen LogP contribution in [-0.2, 0) is 13.6 Å². The molecule has 1 aliphatic heterocycles. The Labute approximate surface area is 153 Å². The predicted octanol–water partition coefficient (Wildman–Crippen LogP) is 2.02. The van der Waals surface area contributed by atoms with E-state index in [0.29, 0.717) is 24.3 Å². The Morgan fingerprint density at radius 2 is 2.27 bits per heavy atom. The number of nitrogens with zero attached hydrogens (tertiary/aromatic N) is 6. The number of urea groups is 1. The summed E-state index contributed by atoms with van der Waals surface area (Å²) in [6.07, 6.45) is 4.64. The number of carbonyl (C=O) groups is 1. The lowest BCUT2D eigenvalue weighted by atomic mass is 10.1. The second-order valence-corrected chi connectivity index (χ2v) is 6.63. The van der Waals surface area contributed by atoms with Gasteiger partial charge in [0.1, 0.15) is 5.82 Å². The summed E-state index contributed by atoms with van der Waals surface area (Å²) < 4.78 is 6.73. The molecule has 0 aliphatic carbocycles. The molecular weight excluding hydrogens is 334 g/mol. The summed E-state index contributed by atoms with van der Waals surface area (Å²) in [6.45, 7) is 7.04. The maximum atomic E-state index is 12.5. The molecule has 9 nitrogen and oxygen atoms in total. The van der Waals surface area contributed by atoms with Crippen molar-refractivity contribution in [3.8, 4) is 0 Å². The third-order valence-corrected chi connectivity index (χ3v) is 4.88. The van der Waals surface area contributed by atoms with Crippen LogP contribution in [0.25, 0.3) is 0 Å². The number of nitrogens with one attached hydrogen (secondary N) is 1. The molecule has 1 N–H and O–H groups in total. The lowest BCUT2D eigenvalue weighted by Gasteiger charge is -2.28. The van der Waals surface area contributed by atoms with Crippen LogP contribution in [0.3, 0.4) is 0 Å². The fourth-order valence-corrected chi connectivity index (χ4v) is 3.42. The molecule has 2 aromatic heterocycles. The number of aryl methyl sites for hydroxylation is 2. The van der Waals surface area contributed by atoms with Gasteiger partial charge in [-0.3, -0.25) is 14.9 Å². The molecule has 0 radical (unpaired) electrons. The highest BCUT2D eigenvalue weighted by atomic mass is 16.5. The zero-order valence-corrected chi connectivity index (χ0v) is 15.7. The van der Waals surface area contributed by atoms with Gasteiger partial charge in [0.15, 0.2) is 5.82 Å². The zero-order valence-electron chi connectivity index (χ0n) is 15.7. The van der Waals surface area contributed by atoms with Gasteiger partial charge in [-0.15, -0.1) is 0 Å². The Morgan fingerprint density at radius 1 is 1.42 bits per heavy atom. The fraction of sp³-hybridized carbons (Fsp3) is 0.647. The lowest BCUT2D eigenvalue weighted by Crippen LogP contribution is -2.38. The predicted molar refractivity (Wildman–Crippen MR) is 96.6 cm³/mol. The highest BCUT2D eigenvalue weighted by Crippen LogP contribution is 2.19. The van der Waals surface area contributed by atoms with Crippen LogP contribution in [0, 0.1) is 6.92 Å². The molecule has 0 bridgehead atoms. The van der Waals surface area contributed by atoms with E-state index in [1.54, 1.807) is 23.9 Å². The molecule has 1 unspecified atom stereocenters. The summed E-state index contributed by atoms with van der Waals surface area (Å²) in [7, 11) is 1.81. The molecule has 142 valence electrons. The van der Waals surface area contributed by atoms with Crippen LogP contribution in [0.15, 0.2) is 16.8 Å². The van der Waals surface area contributed by atoms with Crippen molar-refractivity contribution < 1.29 is 9.32 Å². The van der Waals surface area contributed by atoms with E-state index in [0.717, 1.165) is 44.7 Å². The van der Waals surface area contributed by atoms with E-state index < -0.39 is 0 Å². The third-order valence-electron chi connectivity index (χ3n) is 4.88. The van der Waals surface area contributed by atoms with Crippen molar-refractivity contribution in [2.45, 2.75) is 45.7 Å². The van der Waals surface area contributed by atoms with Gasteiger partial charge in [0.2, 0.25) is 5.89 Å². The quantitative estimate of drug-likeness (QED) is 0.876. The molecule has 2 amide bonds. The number of anilines is 1. The topological polar surface area (TPSA) is 92.3 Å². The van der Waals surface area contributed by atoms with Crippen LogP contribution >= 0.6 is 0 Å². The van der Waals surface area contributed by atoms with Crippen LogP contribution in [0.2, 0.25) is 0 Å². The number of amides is 2. The van der Waals surface area contributed by atoms with Crippen molar-refractivity contribution in [1.82, 2.24) is 29.7 Å². The van der Waals surface area contributed by atoms with Gasteiger partial charge in [0, 0.05) is 39.2 Å². The highest BCUT2D eigenvalue weighted by molar-refractivity contribution is 5.88. The van der Waals surface area contributed by atoms with E-state index in [1.165, 1.54) is 0 Å². The monoisotopic (exact) mass is 361 g/mol. The molecule has 0 spiro atoms.